The number of amides is 1. The number of aliphatic carboxylic acids is 1. The lowest BCUT2D eigenvalue weighted by Gasteiger charge is -2.25. The first kappa shape index (κ1) is 12.0. The highest BCUT2D eigenvalue weighted by molar-refractivity contribution is 5.78. The van der Waals surface area contributed by atoms with E-state index in [4.69, 9.17) is 5.11 Å². The lowest BCUT2D eigenvalue weighted by atomic mass is 10.1. The van der Waals surface area contributed by atoms with Crippen molar-refractivity contribution in [2.45, 2.75) is 25.7 Å². The second-order valence-electron chi connectivity index (χ2n) is 3.83. The van der Waals surface area contributed by atoms with Crippen molar-refractivity contribution >= 4 is 11.9 Å². The molecule has 1 amide bonds. The van der Waals surface area contributed by atoms with Crippen molar-refractivity contribution in [3.63, 3.8) is 0 Å². The SMILES string of the molecule is O=C(O)CCNC(=O)CN1CCCCC1. The van der Waals surface area contributed by atoms with Gasteiger partial charge in [0, 0.05) is 6.54 Å². The van der Waals surface area contributed by atoms with Crippen molar-refractivity contribution in [3.05, 3.63) is 0 Å². The molecule has 0 aliphatic carbocycles. The third-order valence-corrected chi connectivity index (χ3v) is 2.48. The van der Waals surface area contributed by atoms with Crippen LogP contribution in [0.25, 0.3) is 0 Å². The Morgan fingerprint density at radius 1 is 1.20 bits per heavy atom. The number of hydrogen-bond donors (Lipinski definition) is 2. The van der Waals surface area contributed by atoms with E-state index >= 15 is 0 Å². The highest BCUT2D eigenvalue weighted by Gasteiger charge is 2.13. The van der Waals surface area contributed by atoms with Gasteiger partial charge in [0.1, 0.15) is 0 Å². The fourth-order valence-corrected chi connectivity index (χ4v) is 1.69. The maximum atomic E-state index is 11.3. The molecule has 15 heavy (non-hydrogen) atoms. The molecule has 1 saturated heterocycles. The van der Waals surface area contributed by atoms with Crippen molar-refractivity contribution in [2.75, 3.05) is 26.2 Å². The van der Waals surface area contributed by atoms with Gasteiger partial charge < -0.3 is 10.4 Å². The molecular formula is C10H18N2O3. The summed E-state index contributed by atoms with van der Waals surface area (Å²) in [4.78, 5) is 23.7. The molecule has 0 unspecified atom stereocenters. The number of rotatable bonds is 5. The molecule has 0 aromatic rings. The molecule has 0 atom stereocenters. The zero-order chi connectivity index (χ0) is 11.1. The van der Waals surface area contributed by atoms with Crippen LogP contribution in [0.5, 0.6) is 0 Å². The van der Waals surface area contributed by atoms with E-state index in [-0.39, 0.29) is 18.9 Å². The van der Waals surface area contributed by atoms with Gasteiger partial charge in [-0.2, -0.15) is 0 Å². The number of likely N-dealkylation sites (tertiary alicyclic amines) is 1. The van der Waals surface area contributed by atoms with Crippen LogP contribution in [0.15, 0.2) is 0 Å². The number of nitrogens with zero attached hydrogens (tertiary/aromatic N) is 1. The molecule has 1 aliphatic heterocycles. The standard InChI is InChI=1S/C10H18N2O3/c13-9(11-5-4-10(14)15)8-12-6-2-1-3-7-12/h1-8H2,(H,11,13)(H,14,15). The van der Waals surface area contributed by atoms with Crippen molar-refractivity contribution in [3.8, 4) is 0 Å². The van der Waals surface area contributed by atoms with Gasteiger partial charge in [-0.1, -0.05) is 6.42 Å². The molecular weight excluding hydrogens is 196 g/mol. The second-order valence-corrected chi connectivity index (χ2v) is 3.83. The molecule has 2 N–H and O–H groups in total. The molecule has 1 aliphatic rings. The van der Waals surface area contributed by atoms with Gasteiger partial charge in [-0.3, -0.25) is 14.5 Å². The van der Waals surface area contributed by atoms with Crippen LogP contribution in [0.3, 0.4) is 0 Å². The quantitative estimate of drug-likeness (QED) is 0.679. The lowest BCUT2D eigenvalue weighted by molar-refractivity contribution is -0.136. The van der Waals surface area contributed by atoms with E-state index in [1.54, 1.807) is 0 Å². The Labute approximate surface area is 89.4 Å². The fourth-order valence-electron chi connectivity index (χ4n) is 1.69. The minimum absolute atomic E-state index is 0.00819. The van der Waals surface area contributed by atoms with Gasteiger partial charge in [0.2, 0.25) is 5.91 Å². The summed E-state index contributed by atoms with van der Waals surface area (Å²) in [5, 5.41) is 11.0. The first-order valence-corrected chi connectivity index (χ1v) is 5.39. The summed E-state index contributed by atoms with van der Waals surface area (Å²) in [7, 11) is 0. The van der Waals surface area contributed by atoms with E-state index in [1.807, 2.05) is 0 Å². The van der Waals surface area contributed by atoms with E-state index < -0.39 is 5.97 Å². The van der Waals surface area contributed by atoms with Crippen molar-refractivity contribution in [2.24, 2.45) is 0 Å². The summed E-state index contributed by atoms with van der Waals surface area (Å²) < 4.78 is 0. The first-order chi connectivity index (χ1) is 7.18. The third kappa shape index (κ3) is 5.37. The van der Waals surface area contributed by atoms with Gasteiger partial charge in [-0.15, -0.1) is 0 Å². The molecule has 1 heterocycles. The number of carboxylic acids is 1. The van der Waals surface area contributed by atoms with Crippen molar-refractivity contribution in [1.29, 1.82) is 0 Å². The Bertz CT molecular complexity index is 225. The average molecular weight is 214 g/mol. The zero-order valence-corrected chi connectivity index (χ0v) is 8.87. The van der Waals surface area contributed by atoms with Crippen LogP contribution >= 0.6 is 0 Å². The van der Waals surface area contributed by atoms with Crippen LogP contribution in [-0.4, -0.2) is 48.1 Å². The number of piperidine rings is 1. The summed E-state index contributed by atoms with van der Waals surface area (Å²) in [5.41, 5.74) is 0. The summed E-state index contributed by atoms with van der Waals surface area (Å²) in [5.74, 6) is -0.952. The van der Waals surface area contributed by atoms with Crippen LogP contribution < -0.4 is 5.32 Å². The number of carbonyl (C=O) groups is 2. The summed E-state index contributed by atoms with van der Waals surface area (Å²) >= 11 is 0. The van der Waals surface area contributed by atoms with E-state index in [0.29, 0.717) is 6.54 Å². The van der Waals surface area contributed by atoms with Gasteiger partial charge in [-0.05, 0) is 25.9 Å². The van der Waals surface area contributed by atoms with Gasteiger partial charge in [0.25, 0.3) is 0 Å². The number of carbonyl (C=O) groups excluding carboxylic acids is 1. The first-order valence-electron chi connectivity index (χ1n) is 5.39. The topological polar surface area (TPSA) is 69.6 Å². The minimum atomic E-state index is -0.881. The molecule has 0 aromatic heterocycles. The third-order valence-electron chi connectivity index (χ3n) is 2.48. The van der Waals surface area contributed by atoms with Crippen molar-refractivity contribution in [1.82, 2.24) is 10.2 Å². The van der Waals surface area contributed by atoms with E-state index in [9.17, 15) is 9.59 Å². The van der Waals surface area contributed by atoms with Gasteiger partial charge >= 0.3 is 5.97 Å². The lowest BCUT2D eigenvalue weighted by Crippen LogP contribution is -2.40. The zero-order valence-electron chi connectivity index (χ0n) is 8.87. The largest absolute Gasteiger partial charge is 0.481 e. The maximum Gasteiger partial charge on any atom is 0.305 e. The summed E-state index contributed by atoms with van der Waals surface area (Å²) in [6.45, 7) is 2.58. The monoisotopic (exact) mass is 214 g/mol. The Kier molecular flexibility index (Phi) is 5.10. The van der Waals surface area contributed by atoms with E-state index in [1.165, 1.54) is 6.42 Å². The van der Waals surface area contributed by atoms with E-state index in [2.05, 4.69) is 10.2 Å². The second kappa shape index (κ2) is 6.40. The molecule has 1 rings (SSSR count). The Morgan fingerprint density at radius 3 is 2.47 bits per heavy atom. The molecule has 0 radical (unpaired) electrons. The number of hydrogen-bond acceptors (Lipinski definition) is 3. The van der Waals surface area contributed by atoms with Crippen LogP contribution in [0.2, 0.25) is 0 Å². The van der Waals surface area contributed by atoms with Gasteiger partial charge in [0.15, 0.2) is 0 Å². The highest BCUT2D eigenvalue weighted by atomic mass is 16.4. The molecule has 5 heteroatoms. The van der Waals surface area contributed by atoms with Crippen LogP contribution in [0.1, 0.15) is 25.7 Å². The van der Waals surface area contributed by atoms with Crippen molar-refractivity contribution < 1.29 is 14.7 Å². The Hall–Kier alpha value is -1.10. The Balaban J connectivity index is 2.09. The van der Waals surface area contributed by atoms with Gasteiger partial charge in [0.05, 0.1) is 13.0 Å². The predicted octanol–water partition coefficient (Wildman–Crippen LogP) is 0.0632. The predicted molar refractivity (Wildman–Crippen MR) is 55.6 cm³/mol. The fraction of sp³-hybridized carbons (Fsp3) is 0.800. The maximum absolute atomic E-state index is 11.3. The minimum Gasteiger partial charge on any atom is -0.481 e. The van der Waals surface area contributed by atoms with Gasteiger partial charge in [-0.25, -0.2) is 0 Å². The van der Waals surface area contributed by atoms with Crippen LogP contribution in [-0.2, 0) is 9.59 Å². The molecule has 0 bridgehead atoms. The Morgan fingerprint density at radius 2 is 1.87 bits per heavy atom. The normalized spacial score (nSPS) is 17.3. The molecule has 86 valence electrons. The highest BCUT2D eigenvalue weighted by Crippen LogP contribution is 2.07. The summed E-state index contributed by atoms with van der Waals surface area (Å²) in [6.07, 6.45) is 3.55. The number of nitrogens with one attached hydrogen (secondary N) is 1. The van der Waals surface area contributed by atoms with Crippen LogP contribution in [0, 0.1) is 0 Å². The van der Waals surface area contributed by atoms with Crippen LogP contribution in [0.4, 0.5) is 0 Å². The summed E-state index contributed by atoms with van der Waals surface area (Å²) in [6, 6.07) is 0. The molecule has 0 saturated carbocycles. The molecule has 1 fully saturated rings. The smallest absolute Gasteiger partial charge is 0.305 e. The average Bonchev–Trinajstić information content (AvgIpc) is 2.18. The molecule has 0 spiro atoms. The molecule has 0 aromatic carbocycles. The van der Waals surface area contributed by atoms with E-state index in [0.717, 1.165) is 25.9 Å². The number of carboxylic acid groups (broad SMARTS) is 1. The molecule has 5 nitrogen and oxygen atoms in total.